The maximum Gasteiger partial charge on any atom is 0.243 e. The maximum atomic E-state index is 11.5. The highest BCUT2D eigenvalue weighted by molar-refractivity contribution is 5.74. The Bertz CT molecular complexity index is 501. The fraction of sp³-hybridized carbons (Fsp3) is 0.385. The zero-order valence-electron chi connectivity index (χ0n) is 11.1. The number of unbranched alkanes of at least 4 members (excludes halogenated alkanes) is 1. The zero-order chi connectivity index (χ0) is 14.0. The molecule has 0 bridgehead atoms. The van der Waals surface area contributed by atoms with Crippen LogP contribution in [0.15, 0.2) is 36.7 Å². The van der Waals surface area contributed by atoms with Crippen LogP contribution in [-0.4, -0.2) is 26.1 Å². The van der Waals surface area contributed by atoms with Crippen LogP contribution in [0.25, 0.3) is 0 Å². The van der Waals surface area contributed by atoms with E-state index in [2.05, 4.69) is 21.0 Å². The molecular formula is C13H17N5O2. The van der Waals surface area contributed by atoms with E-state index >= 15 is 0 Å². The van der Waals surface area contributed by atoms with E-state index in [4.69, 9.17) is 4.84 Å². The molecule has 1 amide bonds. The number of rotatable bonds is 8. The Hall–Kier alpha value is -2.28. The maximum absolute atomic E-state index is 11.5. The van der Waals surface area contributed by atoms with Crippen molar-refractivity contribution in [2.75, 3.05) is 0 Å². The molecule has 1 aromatic heterocycles. The monoisotopic (exact) mass is 275 g/mol. The third-order valence-electron chi connectivity index (χ3n) is 2.70. The number of nitrogens with one attached hydrogen (secondary N) is 1. The molecule has 7 heteroatoms. The molecule has 106 valence electrons. The van der Waals surface area contributed by atoms with E-state index in [1.807, 2.05) is 30.3 Å². The molecule has 20 heavy (non-hydrogen) atoms. The summed E-state index contributed by atoms with van der Waals surface area (Å²) in [5, 5.41) is 10.8. The summed E-state index contributed by atoms with van der Waals surface area (Å²) in [4.78, 5) is 16.7. The van der Waals surface area contributed by atoms with Crippen molar-refractivity contribution in [3.8, 4) is 0 Å². The number of hydroxylamine groups is 1. The van der Waals surface area contributed by atoms with Crippen LogP contribution in [0.3, 0.4) is 0 Å². The van der Waals surface area contributed by atoms with E-state index in [-0.39, 0.29) is 5.91 Å². The first-order chi connectivity index (χ1) is 9.84. The third-order valence-corrected chi connectivity index (χ3v) is 2.70. The third kappa shape index (κ3) is 5.15. The molecule has 1 heterocycles. The molecule has 0 unspecified atom stereocenters. The van der Waals surface area contributed by atoms with Crippen molar-refractivity contribution in [3.63, 3.8) is 0 Å². The molecule has 0 aliphatic carbocycles. The van der Waals surface area contributed by atoms with Crippen molar-refractivity contribution >= 4 is 5.91 Å². The van der Waals surface area contributed by atoms with Crippen LogP contribution in [0.5, 0.6) is 0 Å². The Kier molecular flexibility index (Phi) is 5.66. The number of hydrogen-bond acceptors (Lipinski definition) is 5. The molecule has 1 N–H and O–H groups in total. The molecule has 0 spiro atoms. The van der Waals surface area contributed by atoms with Gasteiger partial charge in [-0.05, 0) is 28.8 Å². The highest BCUT2D eigenvalue weighted by atomic mass is 16.6. The number of carbonyl (C=O) groups excluding carboxylic acids is 1. The van der Waals surface area contributed by atoms with Crippen molar-refractivity contribution in [2.45, 2.75) is 32.4 Å². The van der Waals surface area contributed by atoms with Gasteiger partial charge in [0.1, 0.15) is 6.33 Å². The fourth-order valence-electron chi connectivity index (χ4n) is 1.67. The summed E-state index contributed by atoms with van der Waals surface area (Å²) >= 11 is 0. The van der Waals surface area contributed by atoms with Gasteiger partial charge in [0, 0.05) is 13.0 Å². The average molecular weight is 275 g/mol. The number of benzene rings is 1. The largest absolute Gasteiger partial charge is 0.273 e. The molecule has 0 atom stereocenters. The molecule has 0 aliphatic rings. The summed E-state index contributed by atoms with van der Waals surface area (Å²) in [5.74, 6) is -0.113. The van der Waals surface area contributed by atoms with Gasteiger partial charge in [-0.3, -0.25) is 9.63 Å². The molecule has 7 nitrogen and oxygen atoms in total. The van der Waals surface area contributed by atoms with Crippen LogP contribution >= 0.6 is 0 Å². The summed E-state index contributed by atoms with van der Waals surface area (Å²) in [7, 11) is 0. The zero-order valence-corrected chi connectivity index (χ0v) is 11.1. The molecular weight excluding hydrogens is 258 g/mol. The normalized spacial score (nSPS) is 10.4. The van der Waals surface area contributed by atoms with Gasteiger partial charge in [0.25, 0.3) is 0 Å². The van der Waals surface area contributed by atoms with Crippen molar-refractivity contribution < 1.29 is 9.63 Å². The minimum absolute atomic E-state index is 0.113. The quantitative estimate of drug-likeness (QED) is 0.576. The SMILES string of the molecule is O=C(CCCCn1cnnn1)NOCc1ccccc1. The first-order valence-corrected chi connectivity index (χ1v) is 6.50. The van der Waals surface area contributed by atoms with E-state index in [0.29, 0.717) is 19.6 Å². The van der Waals surface area contributed by atoms with Gasteiger partial charge in [-0.15, -0.1) is 5.10 Å². The molecule has 0 aliphatic heterocycles. The number of aryl methyl sites for hydroxylation is 1. The van der Waals surface area contributed by atoms with Crippen molar-refractivity contribution in [1.29, 1.82) is 0 Å². The molecule has 2 aromatic rings. The predicted octanol–water partition coefficient (Wildman–Crippen LogP) is 1.09. The van der Waals surface area contributed by atoms with E-state index in [1.54, 1.807) is 11.0 Å². The summed E-state index contributed by atoms with van der Waals surface area (Å²) in [6.07, 6.45) is 3.59. The summed E-state index contributed by atoms with van der Waals surface area (Å²) in [5.41, 5.74) is 3.46. The summed E-state index contributed by atoms with van der Waals surface area (Å²) in [6.45, 7) is 1.09. The Morgan fingerprint density at radius 3 is 2.85 bits per heavy atom. The Labute approximate surface area is 116 Å². The molecule has 0 fully saturated rings. The Morgan fingerprint density at radius 2 is 2.10 bits per heavy atom. The van der Waals surface area contributed by atoms with E-state index in [9.17, 15) is 4.79 Å². The minimum Gasteiger partial charge on any atom is -0.273 e. The van der Waals surface area contributed by atoms with Gasteiger partial charge < -0.3 is 0 Å². The lowest BCUT2D eigenvalue weighted by atomic mass is 10.2. The topological polar surface area (TPSA) is 81.9 Å². The van der Waals surface area contributed by atoms with Crippen LogP contribution in [0.4, 0.5) is 0 Å². The van der Waals surface area contributed by atoms with E-state index < -0.39 is 0 Å². The highest BCUT2D eigenvalue weighted by Crippen LogP contribution is 2.00. The van der Waals surface area contributed by atoms with E-state index in [0.717, 1.165) is 18.4 Å². The lowest BCUT2D eigenvalue weighted by molar-refractivity contribution is -0.134. The molecule has 0 saturated heterocycles. The second kappa shape index (κ2) is 8.00. The van der Waals surface area contributed by atoms with Crippen molar-refractivity contribution in [1.82, 2.24) is 25.7 Å². The minimum atomic E-state index is -0.113. The lowest BCUT2D eigenvalue weighted by Crippen LogP contribution is -2.23. The van der Waals surface area contributed by atoms with E-state index in [1.165, 1.54) is 0 Å². The van der Waals surface area contributed by atoms with Gasteiger partial charge in [0.05, 0.1) is 6.61 Å². The second-order valence-electron chi connectivity index (χ2n) is 4.33. The lowest BCUT2D eigenvalue weighted by Gasteiger charge is -2.05. The Balaban J connectivity index is 1.52. The summed E-state index contributed by atoms with van der Waals surface area (Å²) < 4.78 is 1.64. The summed E-state index contributed by atoms with van der Waals surface area (Å²) in [6, 6.07) is 9.68. The predicted molar refractivity (Wildman–Crippen MR) is 71.0 cm³/mol. The first-order valence-electron chi connectivity index (χ1n) is 6.50. The number of carbonyl (C=O) groups is 1. The molecule has 2 rings (SSSR count). The van der Waals surface area contributed by atoms with Gasteiger partial charge in [-0.25, -0.2) is 10.2 Å². The fourth-order valence-corrected chi connectivity index (χ4v) is 1.67. The van der Waals surface area contributed by atoms with Gasteiger partial charge in [-0.1, -0.05) is 30.3 Å². The smallest absolute Gasteiger partial charge is 0.243 e. The van der Waals surface area contributed by atoms with Crippen molar-refractivity contribution in [2.24, 2.45) is 0 Å². The number of tetrazole rings is 1. The first kappa shape index (κ1) is 14.1. The molecule has 0 radical (unpaired) electrons. The van der Waals surface area contributed by atoms with Crippen LogP contribution in [0.2, 0.25) is 0 Å². The number of hydrogen-bond donors (Lipinski definition) is 1. The average Bonchev–Trinajstić information content (AvgIpc) is 2.98. The van der Waals surface area contributed by atoms with Gasteiger partial charge >= 0.3 is 0 Å². The van der Waals surface area contributed by atoms with Gasteiger partial charge in [0.2, 0.25) is 5.91 Å². The molecule has 1 aromatic carbocycles. The standard InChI is InChI=1S/C13H17N5O2/c19-13(8-4-5-9-18-11-14-16-17-18)15-20-10-12-6-2-1-3-7-12/h1-3,6-7,11H,4-5,8-10H2,(H,15,19). The highest BCUT2D eigenvalue weighted by Gasteiger charge is 2.02. The molecule has 0 saturated carbocycles. The number of nitrogens with zero attached hydrogens (tertiary/aromatic N) is 4. The van der Waals surface area contributed by atoms with Crippen LogP contribution in [0, 0.1) is 0 Å². The van der Waals surface area contributed by atoms with Gasteiger partial charge in [0.15, 0.2) is 0 Å². The van der Waals surface area contributed by atoms with Crippen LogP contribution < -0.4 is 5.48 Å². The Morgan fingerprint density at radius 1 is 1.25 bits per heavy atom. The van der Waals surface area contributed by atoms with Crippen molar-refractivity contribution in [3.05, 3.63) is 42.2 Å². The number of amides is 1. The van der Waals surface area contributed by atoms with Crippen LogP contribution in [0.1, 0.15) is 24.8 Å². The van der Waals surface area contributed by atoms with Crippen LogP contribution in [-0.2, 0) is 22.8 Å². The second-order valence-corrected chi connectivity index (χ2v) is 4.33. The van der Waals surface area contributed by atoms with Gasteiger partial charge in [-0.2, -0.15) is 0 Å². The number of aromatic nitrogens is 4.